The monoisotopic (exact) mass is 370 g/mol. The summed E-state index contributed by atoms with van der Waals surface area (Å²) in [6.07, 6.45) is 2.77. The highest BCUT2D eigenvalue weighted by atomic mass is 35.5. The third kappa shape index (κ3) is 48.3. The van der Waals surface area contributed by atoms with Gasteiger partial charge in [0.2, 0.25) is 0 Å². The molecule has 0 radical (unpaired) electrons. The normalized spacial score (nSPS) is 4.06. The Bertz CT molecular complexity index is 311. The first-order chi connectivity index (χ1) is 4.91. The van der Waals surface area contributed by atoms with Crippen molar-refractivity contribution in [2.45, 2.75) is 0 Å². The molecule has 0 fully saturated rings. The summed E-state index contributed by atoms with van der Waals surface area (Å²) < 4.78 is 0. The van der Waals surface area contributed by atoms with E-state index >= 15 is 0 Å². The predicted octanol–water partition coefficient (Wildman–Crippen LogP) is -15.4. The lowest BCUT2D eigenvalue weighted by atomic mass is 10.7. The topological polar surface area (TPSA) is 94.3 Å². The Morgan fingerprint density at radius 1 is 0.875 bits per heavy atom. The highest BCUT2D eigenvalue weighted by molar-refractivity contribution is 6.26. The number of hydrogen-bond donors (Lipinski definition) is 1. The molecule has 6 nitrogen and oxygen atoms in total. The Morgan fingerprint density at radius 3 is 1.75 bits per heavy atom. The summed E-state index contributed by atoms with van der Waals surface area (Å²) in [6, 6.07) is 0. The van der Waals surface area contributed by atoms with E-state index in [-0.39, 0.29) is 74.4 Å². The Hall–Kier alpha value is -0.01000. The van der Waals surface area contributed by atoms with Gasteiger partial charge in [-0.15, -0.1) is 12.4 Å². The molecule has 0 aromatic rings. The summed E-state index contributed by atoms with van der Waals surface area (Å²) in [4.78, 5) is 14.8. The molecule has 16 heavy (non-hydrogen) atoms. The molecule has 0 unspecified atom stereocenters. The minimum Gasteiger partial charge on any atom is -1.00 e. The van der Waals surface area contributed by atoms with Crippen LogP contribution in [-0.4, -0.2) is 11.0 Å². The van der Waals surface area contributed by atoms with Crippen LogP contribution in [0.25, 0.3) is 0 Å². The average molecular weight is 373 g/mol. The van der Waals surface area contributed by atoms with E-state index in [2.05, 4.69) is 24.4 Å². The molecule has 0 atom stereocenters. The highest BCUT2D eigenvalue weighted by Crippen LogP contribution is 1.69. The zero-order valence-corrected chi connectivity index (χ0v) is 12.5. The van der Waals surface area contributed by atoms with Crippen molar-refractivity contribution in [3.8, 4) is 0 Å². The van der Waals surface area contributed by atoms with Gasteiger partial charge in [0.25, 0.3) is 0 Å². The zero-order chi connectivity index (χ0) is 7.66. The molecule has 0 aliphatic rings. The Balaban J connectivity index is -0.0000000270. The number of nitrogens with one attached hydrogen (secondary N) is 1. The summed E-state index contributed by atoms with van der Waals surface area (Å²) in [5.74, 6) is 0. The number of nitrogens with zero attached hydrogens (tertiary/aromatic N) is 5. The summed E-state index contributed by atoms with van der Waals surface area (Å²) in [5.41, 5.74) is 7.41. The number of halogens is 7. The van der Waals surface area contributed by atoms with Crippen LogP contribution in [0.5, 0.6) is 0 Å². The van der Waals surface area contributed by atoms with E-state index < -0.39 is 0 Å². The minimum absolute atomic E-state index is 0. The lowest BCUT2D eigenvalue weighted by Gasteiger charge is -1.41. The Kier molecular flexibility index (Phi) is 128. The molecular weight excluding hydrogens is 368 g/mol. The van der Waals surface area contributed by atoms with Gasteiger partial charge in [-0.3, -0.25) is 0 Å². The number of hydrogen-bond acceptors (Lipinski definition) is 1. The van der Waals surface area contributed by atoms with Gasteiger partial charge in [0, 0.05) is 11.6 Å². The third-order valence-electron chi connectivity index (χ3n) is 0.402. The molecule has 13 heteroatoms. The number of allylic oxidation sites excluding steroid dienone is 1. The average Bonchev–Trinajstić information content (AvgIpc) is 1.97. The quantitative estimate of drug-likeness (QED) is 0.269. The fraction of sp³-hybridized carbons (Fsp3) is 0. The van der Waals surface area contributed by atoms with Gasteiger partial charge in [-0.05, 0) is 0 Å². The van der Waals surface area contributed by atoms with Crippen LogP contribution in [0.1, 0.15) is 0 Å². The van der Waals surface area contributed by atoms with Gasteiger partial charge in [0.1, 0.15) is 0 Å². The molecule has 0 heterocycles. The lowest BCUT2D eigenvalue weighted by molar-refractivity contribution is -0.0960. The van der Waals surface area contributed by atoms with Crippen molar-refractivity contribution in [3.63, 3.8) is 0 Å². The van der Waals surface area contributed by atoms with E-state index in [1.807, 2.05) is 0 Å². The molecule has 0 saturated heterocycles. The maximum absolute atomic E-state index is 6.14. The molecule has 0 aliphatic carbocycles. The second-order valence-electron chi connectivity index (χ2n) is 0.951. The molecule has 0 rings (SSSR count). The molecule has 0 amide bonds. The van der Waals surface area contributed by atoms with E-state index in [1.165, 1.54) is 17.8 Å². The van der Waals surface area contributed by atoms with Crippen molar-refractivity contribution in [1.29, 1.82) is 5.53 Å². The molecule has 0 spiro atoms. The van der Waals surface area contributed by atoms with Gasteiger partial charge in [-0.25, -0.2) is 0 Å². The Morgan fingerprint density at radius 2 is 1.38 bits per heavy atom. The van der Waals surface area contributed by atoms with E-state index in [0.29, 0.717) is 0 Å². The van der Waals surface area contributed by atoms with Crippen LogP contribution in [0.15, 0.2) is 11.6 Å². The van der Waals surface area contributed by atoms with Crippen molar-refractivity contribution < 1.29 is 66.8 Å². The molecule has 0 aromatic heterocycles. The Labute approximate surface area is 133 Å². The second kappa shape index (κ2) is 46.0. The smallest absolute Gasteiger partial charge is 0.838 e. The zero-order valence-electron chi connectivity index (χ0n) is 7.14. The summed E-state index contributed by atoms with van der Waals surface area (Å²) >= 11 is 5.13. The first-order valence-corrected chi connectivity index (χ1v) is 2.60. The van der Waals surface area contributed by atoms with Gasteiger partial charge in [0.15, 0.2) is 0 Å². The minimum atomic E-state index is 0. The fourth-order valence-corrected chi connectivity index (χ4v) is 0.227. The van der Waals surface area contributed by atoms with Crippen molar-refractivity contribution >= 4 is 30.2 Å². The van der Waals surface area contributed by atoms with Gasteiger partial charge in [-0.1, -0.05) is 11.6 Å². The van der Waals surface area contributed by atoms with E-state index in [9.17, 15) is 0 Å². The summed E-state index contributed by atoms with van der Waals surface area (Å²) in [5, 5.41) is 0. The van der Waals surface area contributed by atoms with E-state index in [1.54, 1.807) is 0 Å². The van der Waals surface area contributed by atoms with E-state index in [4.69, 9.17) is 17.1 Å². The molecule has 96 valence electrons. The van der Waals surface area contributed by atoms with Crippen LogP contribution in [-0.2, 0) is 0 Å². The largest absolute Gasteiger partial charge is 1.00 e. The van der Waals surface area contributed by atoms with Gasteiger partial charge in [-0.2, -0.15) is 0 Å². The first-order valence-electron chi connectivity index (χ1n) is 2.17. The summed E-state index contributed by atoms with van der Waals surface area (Å²) in [6.45, 7) is 0. The van der Waals surface area contributed by atoms with Crippen molar-refractivity contribution in [2.75, 3.05) is 0 Å². The van der Waals surface area contributed by atoms with Crippen LogP contribution in [0.2, 0.25) is 0 Å². The van der Waals surface area contributed by atoms with Crippen molar-refractivity contribution in [2.24, 2.45) is 0 Å². The molecule has 0 saturated carbocycles. The van der Waals surface area contributed by atoms with Crippen LogP contribution in [0.4, 0.5) is 0 Å². The van der Waals surface area contributed by atoms with Gasteiger partial charge < -0.3 is 62.0 Å². The SMILES string of the molecule is Cl.N=[N+]=[N+]=[N+]=[N+]=[N+]=CC=CCl.[Cl-].[Cl-].[Cl-].[Cl-].[Cl-]. The third-order valence-corrected chi connectivity index (χ3v) is 0.547. The molecule has 1 N–H and O–H groups in total. The second-order valence-corrected chi connectivity index (χ2v) is 1.20. The van der Waals surface area contributed by atoms with Crippen LogP contribution < -0.4 is 81.7 Å². The van der Waals surface area contributed by atoms with Crippen LogP contribution in [0.3, 0.4) is 0 Å². The highest BCUT2D eigenvalue weighted by Gasteiger charge is 2.05. The lowest BCUT2D eigenvalue weighted by Crippen LogP contribution is -3.00. The predicted molar refractivity (Wildman–Crippen MR) is 39.8 cm³/mol. The molecule has 0 aromatic carbocycles. The summed E-state index contributed by atoms with van der Waals surface area (Å²) in [7, 11) is 0. The molecule has 0 aliphatic heterocycles. The van der Waals surface area contributed by atoms with Crippen LogP contribution in [0, 0.1) is 5.53 Å². The fourth-order valence-electron chi connectivity index (χ4n) is 0.162. The first kappa shape index (κ1) is 44.5. The van der Waals surface area contributed by atoms with Gasteiger partial charge >= 0.3 is 36.2 Å². The maximum atomic E-state index is 6.14. The standard InChI is InChI=1S/C3H4ClN6.6ClH/c4-2-1-3-6-8-10-9-7-5;;;;;;/h1-3,5H;6*1H/q+5;;;;;;/p-5. The van der Waals surface area contributed by atoms with Crippen LogP contribution >= 0.6 is 24.0 Å². The van der Waals surface area contributed by atoms with Crippen molar-refractivity contribution in [3.05, 3.63) is 11.6 Å². The molecular formula is C3H5Cl7N6. The maximum Gasteiger partial charge on any atom is 0.838 e. The molecule has 0 bridgehead atoms. The number of rotatable bonds is 1. The van der Waals surface area contributed by atoms with E-state index in [0.717, 1.165) is 0 Å². The van der Waals surface area contributed by atoms with Crippen molar-refractivity contribution in [1.82, 2.24) is 19.6 Å². The van der Waals surface area contributed by atoms with Gasteiger partial charge in [0.05, 0.1) is 0 Å².